The zero-order valence-corrected chi connectivity index (χ0v) is 8.87. The molecular formula is C11H19N3. The predicted octanol–water partition coefficient (Wildman–Crippen LogP) is 0.830. The van der Waals surface area contributed by atoms with Gasteiger partial charge in [-0.15, -0.1) is 0 Å². The lowest BCUT2D eigenvalue weighted by molar-refractivity contribution is 0.195. The van der Waals surface area contributed by atoms with E-state index in [0.717, 1.165) is 32.0 Å². The number of hydrogen-bond donors (Lipinski definition) is 1. The smallest absolute Gasteiger partial charge is 0.0669 e. The molecule has 3 heteroatoms. The van der Waals surface area contributed by atoms with Crippen LogP contribution >= 0.6 is 0 Å². The third kappa shape index (κ3) is 1.92. The van der Waals surface area contributed by atoms with E-state index in [0.29, 0.717) is 6.04 Å². The van der Waals surface area contributed by atoms with E-state index in [2.05, 4.69) is 23.2 Å². The van der Waals surface area contributed by atoms with Gasteiger partial charge < -0.3 is 5.32 Å². The van der Waals surface area contributed by atoms with Gasteiger partial charge in [0, 0.05) is 12.6 Å². The molecule has 3 unspecified atom stereocenters. The van der Waals surface area contributed by atoms with Gasteiger partial charge in [0.05, 0.1) is 12.0 Å². The van der Waals surface area contributed by atoms with Crippen molar-refractivity contribution in [3.8, 4) is 6.07 Å². The van der Waals surface area contributed by atoms with Crippen LogP contribution in [0.5, 0.6) is 0 Å². The molecule has 0 aromatic heterocycles. The average Bonchev–Trinajstić information content (AvgIpc) is 2.88. The second-order valence-electron chi connectivity index (χ2n) is 4.60. The normalized spacial score (nSPS) is 35.7. The molecule has 2 fully saturated rings. The van der Waals surface area contributed by atoms with Crippen molar-refractivity contribution >= 4 is 0 Å². The Balaban J connectivity index is 1.86. The minimum absolute atomic E-state index is 0.284. The van der Waals surface area contributed by atoms with Crippen molar-refractivity contribution in [2.75, 3.05) is 26.2 Å². The van der Waals surface area contributed by atoms with Gasteiger partial charge >= 0.3 is 0 Å². The first kappa shape index (κ1) is 9.95. The fourth-order valence-corrected chi connectivity index (χ4v) is 2.65. The maximum Gasteiger partial charge on any atom is 0.0669 e. The lowest BCUT2D eigenvalue weighted by Crippen LogP contribution is -2.37. The molecule has 0 aromatic rings. The minimum atomic E-state index is 0.284. The summed E-state index contributed by atoms with van der Waals surface area (Å²) in [7, 11) is 0. The van der Waals surface area contributed by atoms with E-state index in [1.54, 1.807) is 0 Å². The molecule has 2 saturated heterocycles. The van der Waals surface area contributed by atoms with Crippen LogP contribution in [-0.2, 0) is 0 Å². The summed E-state index contributed by atoms with van der Waals surface area (Å²) in [5, 5.41) is 12.3. The monoisotopic (exact) mass is 193 g/mol. The summed E-state index contributed by atoms with van der Waals surface area (Å²) < 4.78 is 0. The summed E-state index contributed by atoms with van der Waals surface area (Å²) in [6.45, 7) is 6.76. The maximum atomic E-state index is 8.84. The van der Waals surface area contributed by atoms with Crippen LogP contribution in [0.3, 0.4) is 0 Å². The minimum Gasteiger partial charge on any atom is -0.316 e. The lowest BCUT2D eigenvalue weighted by atomic mass is 9.99. The summed E-state index contributed by atoms with van der Waals surface area (Å²) in [5.74, 6) is 1.08. The first-order chi connectivity index (χ1) is 6.81. The Morgan fingerprint density at radius 3 is 2.93 bits per heavy atom. The highest BCUT2D eigenvalue weighted by molar-refractivity contribution is 4.94. The Hall–Kier alpha value is -0.590. The summed E-state index contributed by atoms with van der Waals surface area (Å²) in [5.41, 5.74) is 0. The van der Waals surface area contributed by atoms with Gasteiger partial charge in [0.2, 0.25) is 0 Å². The second-order valence-corrected chi connectivity index (χ2v) is 4.60. The molecule has 14 heavy (non-hydrogen) atoms. The van der Waals surface area contributed by atoms with E-state index in [4.69, 9.17) is 5.26 Å². The van der Waals surface area contributed by atoms with Gasteiger partial charge in [0.15, 0.2) is 0 Å². The maximum absolute atomic E-state index is 8.84. The number of hydrogen-bond acceptors (Lipinski definition) is 3. The van der Waals surface area contributed by atoms with Crippen LogP contribution in [0.2, 0.25) is 0 Å². The second kappa shape index (κ2) is 4.29. The van der Waals surface area contributed by atoms with Crippen molar-refractivity contribution in [2.45, 2.75) is 25.8 Å². The molecule has 0 aromatic carbocycles. The third-order valence-electron chi connectivity index (χ3n) is 3.76. The highest BCUT2D eigenvalue weighted by Crippen LogP contribution is 2.24. The molecule has 78 valence electrons. The lowest BCUT2D eigenvalue weighted by Gasteiger charge is -2.28. The molecule has 0 amide bonds. The Bertz CT molecular complexity index is 227. The average molecular weight is 193 g/mol. The summed E-state index contributed by atoms with van der Waals surface area (Å²) in [6.07, 6.45) is 2.37. The molecule has 3 atom stereocenters. The van der Waals surface area contributed by atoms with E-state index >= 15 is 0 Å². The number of nitriles is 1. The molecule has 2 aliphatic heterocycles. The van der Waals surface area contributed by atoms with Crippen molar-refractivity contribution in [2.24, 2.45) is 11.8 Å². The summed E-state index contributed by atoms with van der Waals surface area (Å²) in [6, 6.07) is 3.04. The van der Waals surface area contributed by atoms with Crippen LogP contribution in [0.15, 0.2) is 0 Å². The van der Waals surface area contributed by atoms with Crippen molar-refractivity contribution in [3.63, 3.8) is 0 Å². The summed E-state index contributed by atoms with van der Waals surface area (Å²) >= 11 is 0. The molecule has 0 aliphatic carbocycles. The zero-order valence-electron chi connectivity index (χ0n) is 8.87. The van der Waals surface area contributed by atoms with Gasteiger partial charge in [-0.1, -0.05) is 0 Å². The first-order valence-electron chi connectivity index (χ1n) is 5.65. The predicted molar refractivity (Wildman–Crippen MR) is 55.7 cm³/mol. The SMILES string of the molecule is CC(C1CCNC1)N1CCC(C#N)C1. The molecule has 2 heterocycles. The third-order valence-corrected chi connectivity index (χ3v) is 3.76. The first-order valence-corrected chi connectivity index (χ1v) is 5.65. The highest BCUT2D eigenvalue weighted by Gasteiger charge is 2.31. The van der Waals surface area contributed by atoms with E-state index in [1.807, 2.05) is 0 Å². The largest absolute Gasteiger partial charge is 0.316 e. The van der Waals surface area contributed by atoms with Crippen molar-refractivity contribution < 1.29 is 0 Å². The number of nitrogens with one attached hydrogen (secondary N) is 1. The zero-order chi connectivity index (χ0) is 9.97. The number of nitrogens with zero attached hydrogens (tertiary/aromatic N) is 2. The molecule has 3 nitrogen and oxygen atoms in total. The van der Waals surface area contributed by atoms with Crippen LogP contribution < -0.4 is 5.32 Å². The van der Waals surface area contributed by atoms with Crippen molar-refractivity contribution in [3.05, 3.63) is 0 Å². The molecule has 2 aliphatic rings. The number of likely N-dealkylation sites (tertiary alicyclic amines) is 1. The van der Waals surface area contributed by atoms with Crippen LogP contribution in [0, 0.1) is 23.2 Å². The van der Waals surface area contributed by atoms with E-state index in [9.17, 15) is 0 Å². The van der Waals surface area contributed by atoms with Gasteiger partial charge in [0.25, 0.3) is 0 Å². The van der Waals surface area contributed by atoms with Gasteiger partial charge in [0.1, 0.15) is 0 Å². The fraction of sp³-hybridized carbons (Fsp3) is 0.909. The Morgan fingerprint density at radius 1 is 1.50 bits per heavy atom. The van der Waals surface area contributed by atoms with E-state index < -0.39 is 0 Å². The van der Waals surface area contributed by atoms with Crippen molar-refractivity contribution in [1.29, 1.82) is 5.26 Å². The van der Waals surface area contributed by atoms with Crippen LogP contribution in [0.25, 0.3) is 0 Å². The molecule has 0 radical (unpaired) electrons. The standard InChI is InChI=1S/C11H19N3/c1-9(11-2-4-13-7-11)14-5-3-10(6-12)8-14/h9-11,13H,2-5,7-8H2,1H3. The highest BCUT2D eigenvalue weighted by atomic mass is 15.2. The Kier molecular flexibility index (Phi) is 3.05. The van der Waals surface area contributed by atoms with Crippen LogP contribution in [0.1, 0.15) is 19.8 Å². The van der Waals surface area contributed by atoms with E-state index in [1.165, 1.54) is 13.0 Å². The van der Waals surface area contributed by atoms with Crippen molar-refractivity contribution in [1.82, 2.24) is 10.2 Å². The molecule has 0 spiro atoms. The fourth-order valence-electron chi connectivity index (χ4n) is 2.65. The molecule has 0 saturated carbocycles. The number of rotatable bonds is 2. The van der Waals surface area contributed by atoms with Gasteiger partial charge in [-0.3, -0.25) is 4.90 Å². The van der Waals surface area contributed by atoms with E-state index in [-0.39, 0.29) is 5.92 Å². The van der Waals surface area contributed by atoms with Crippen LogP contribution in [0.4, 0.5) is 0 Å². The molecule has 0 bridgehead atoms. The Labute approximate surface area is 86.1 Å². The van der Waals surface area contributed by atoms with Crippen LogP contribution in [-0.4, -0.2) is 37.1 Å². The molecule has 2 rings (SSSR count). The van der Waals surface area contributed by atoms with Gasteiger partial charge in [-0.25, -0.2) is 0 Å². The summed E-state index contributed by atoms with van der Waals surface area (Å²) in [4.78, 5) is 2.49. The molecular weight excluding hydrogens is 174 g/mol. The quantitative estimate of drug-likeness (QED) is 0.706. The topological polar surface area (TPSA) is 39.1 Å². The van der Waals surface area contributed by atoms with Gasteiger partial charge in [-0.05, 0) is 45.3 Å². The van der Waals surface area contributed by atoms with Gasteiger partial charge in [-0.2, -0.15) is 5.26 Å². The Morgan fingerprint density at radius 2 is 2.36 bits per heavy atom. The molecule has 1 N–H and O–H groups in total.